The standard InChI is InChI=1S/C9H13ClN4O3/c10-7-5(13-9(17)14-8(7)16)4-12-3-1-2-6(11)15/h12H,1-4H2,(H2,11,15)(H2,13,14,16,17). The van der Waals surface area contributed by atoms with Crippen LogP contribution in [0.4, 0.5) is 0 Å². The monoisotopic (exact) mass is 260 g/mol. The summed E-state index contributed by atoms with van der Waals surface area (Å²) in [6, 6.07) is 0. The Morgan fingerprint density at radius 2 is 2.06 bits per heavy atom. The number of amides is 1. The van der Waals surface area contributed by atoms with Crippen LogP contribution in [0.25, 0.3) is 0 Å². The van der Waals surface area contributed by atoms with Gasteiger partial charge in [0.25, 0.3) is 5.56 Å². The third kappa shape index (κ3) is 4.41. The maximum absolute atomic E-state index is 11.1. The van der Waals surface area contributed by atoms with E-state index in [0.717, 1.165) is 0 Å². The van der Waals surface area contributed by atoms with E-state index in [2.05, 4.69) is 10.3 Å². The number of nitrogens with two attached hydrogens (primary N) is 1. The minimum absolute atomic E-state index is 0.0491. The fourth-order valence-electron chi connectivity index (χ4n) is 1.24. The highest BCUT2D eigenvalue weighted by Crippen LogP contribution is 2.03. The molecule has 0 atom stereocenters. The van der Waals surface area contributed by atoms with E-state index < -0.39 is 11.2 Å². The molecule has 0 aliphatic carbocycles. The zero-order valence-corrected chi connectivity index (χ0v) is 9.76. The Bertz CT molecular complexity index is 508. The fourth-order valence-corrected chi connectivity index (χ4v) is 1.40. The topological polar surface area (TPSA) is 121 Å². The Morgan fingerprint density at radius 3 is 2.71 bits per heavy atom. The van der Waals surface area contributed by atoms with Crippen molar-refractivity contribution in [2.75, 3.05) is 6.54 Å². The van der Waals surface area contributed by atoms with Gasteiger partial charge < -0.3 is 16.0 Å². The Morgan fingerprint density at radius 1 is 1.35 bits per heavy atom. The molecular formula is C9H13ClN4O3. The summed E-state index contributed by atoms with van der Waals surface area (Å²) >= 11 is 5.70. The Hall–Kier alpha value is -1.60. The number of carbonyl (C=O) groups excluding carboxylic acids is 1. The van der Waals surface area contributed by atoms with Gasteiger partial charge in [0.2, 0.25) is 5.91 Å². The lowest BCUT2D eigenvalue weighted by Gasteiger charge is -2.04. The summed E-state index contributed by atoms with van der Waals surface area (Å²) in [6.45, 7) is 0.783. The molecule has 0 aromatic carbocycles. The lowest BCUT2D eigenvalue weighted by molar-refractivity contribution is -0.118. The second-order valence-electron chi connectivity index (χ2n) is 3.45. The molecule has 1 amide bonds. The summed E-state index contributed by atoms with van der Waals surface area (Å²) in [5, 5.41) is 2.89. The third-order valence-electron chi connectivity index (χ3n) is 2.03. The molecule has 17 heavy (non-hydrogen) atoms. The van der Waals surface area contributed by atoms with E-state index in [9.17, 15) is 14.4 Å². The van der Waals surface area contributed by atoms with Gasteiger partial charge in [0.15, 0.2) is 0 Å². The SMILES string of the molecule is NC(=O)CCCNCc1[nH]c(=O)[nH]c(=O)c1Cl. The number of rotatable bonds is 6. The molecule has 0 fully saturated rings. The zero-order chi connectivity index (χ0) is 12.8. The number of carbonyl (C=O) groups is 1. The van der Waals surface area contributed by atoms with Gasteiger partial charge in [0.1, 0.15) is 5.02 Å². The summed E-state index contributed by atoms with van der Waals surface area (Å²) in [6.07, 6.45) is 0.868. The van der Waals surface area contributed by atoms with Crippen molar-refractivity contribution < 1.29 is 4.79 Å². The molecule has 0 bridgehead atoms. The maximum atomic E-state index is 11.1. The van der Waals surface area contributed by atoms with Crippen molar-refractivity contribution in [3.05, 3.63) is 31.6 Å². The Labute approximate surface area is 101 Å². The minimum atomic E-state index is -0.621. The van der Waals surface area contributed by atoms with E-state index >= 15 is 0 Å². The van der Waals surface area contributed by atoms with Gasteiger partial charge in [0, 0.05) is 13.0 Å². The fraction of sp³-hybridized carbons (Fsp3) is 0.444. The smallest absolute Gasteiger partial charge is 0.326 e. The molecule has 0 aliphatic heterocycles. The first-order chi connectivity index (χ1) is 8.00. The number of aromatic amines is 2. The van der Waals surface area contributed by atoms with Gasteiger partial charge >= 0.3 is 5.69 Å². The van der Waals surface area contributed by atoms with Gasteiger partial charge in [-0.05, 0) is 13.0 Å². The number of H-pyrrole nitrogens is 2. The van der Waals surface area contributed by atoms with Crippen molar-refractivity contribution in [3.63, 3.8) is 0 Å². The van der Waals surface area contributed by atoms with Gasteiger partial charge in [-0.15, -0.1) is 0 Å². The van der Waals surface area contributed by atoms with Gasteiger partial charge in [-0.2, -0.15) is 0 Å². The lowest BCUT2D eigenvalue weighted by atomic mass is 10.3. The summed E-state index contributed by atoms with van der Waals surface area (Å²) in [5.74, 6) is -0.366. The van der Waals surface area contributed by atoms with Crippen LogP contribution in [0.2, 0.25) is 5.02 Å². The van der Waals surface area contributed by atoms with Crippen molar-refractivity contribution in [1.82, 2.24) is 15.3 Å². The lowest BCUT2D eigenvalue weighted by Crippen LogP contribution is -2.27. The van der Waals surface area contributed by atoms with Crippen LogP contribution in [-0.4, -0.2) is 22.4 Å². The molecule has 1 rings (SSSR count). The zero-order valence-electron chi connectivity index (χ0n) is 9.01. The first-order valence-electron chi connectivity index (χ1n) is 5.00. The molecule has 94 valence electrons. The summed E-state index contributed by atoms with van der Waals surface area (Å²) in [4.78, 5) is 37.0. The molecule has 8 heteroatoms. The Balaban J connectivity index is 2.50. The molecule has 7 nitrogen and oxygen atoms in total. The molecule has 1 aromatic heterocycles. The van der Waals surface area contributed by atoms with Crippen LogP contribution < -0.4 is 22.3 Å². The second-order valence-corrected chi connectivity index (χ2v) is 3.83. The van der Waals surface area contributed by atoms with E-state index in [-0.39, 0.29) is 23.9 Å². The molecular weight excluding hydrogens is 248 g/mol. The molecule has 1 aromatic rings. The van der Waals surface area contributed by atoms with Crippen LogP contribution in [0.5, 0.6) is 0 Å². The average Bonchev–Trinajstić information content (AvgIpc) is 2.23. The van der Waals surface area contributed by atoms with Crippen LogP contribution in [-0.2, 0) is 11.3 Å². The van der Waals surface area contributed by atoms with Crippen LogP contribution in [0.1, 0.15) is 18.5 Å². The van der Waals surface area contributed by atoms with E-state index in [0.29, 0.717) is 18.7 Å². The van der Waals surface area contributed by atoms with Crippen molar-refractivity contribution in [3.8, 4) is 0 Å². The quantitative estimate of drug-likeness (QED) is 0.494. The molecule has 0 saturated heterocycles. The van der Waals surface area contributed by atoms with Crippen molar-refractivity contribution in [2.24, 2.45) is 5.73 Å². The van der Waals surface area contributed by atoms with Gasteiger partial charge in [0.05, 0.1) is 5.69 Å². The first kappa shape index (κ1) is 13.5. The number of nitrogens with one attached hydrogen (secondary N) is 3. The highest BCUT2D eigenvalue weighted by molar-refractivity contribution is 6.30. The Kier molecular flexibility index (Phi) is 4.92. The van der Waals surface area contributed by atoms with Crippen LogP contribution in [0, 0.1) is 0 Å². The van der Waals surface area contributed by atoms with Crippen LogP contribution >= 0.6 is 11.6 Å². The van der Waals surface area contributed by atoms with Crippen LogP contribution in [0.15, 0.2) is 9.59 Å². The molecule has 0 spiro atoms. The molecule has 1 heterocycles. The second kappa shape index (κ2) is 6.21. The molecule has 0 radical (unpaired) electrons. The molecule has 0 unspecified atom stereocenters. The molecule has 0 aliphatic rings. The van der Waals surface area contributed by atoms with E-state index in [1.54, 1.807) is 0 Å². The maximum Gasteiger partial charge on any atom is 0.326 e. The summed E-state index contributed by atoms with van der Waals surface area (Å²) in [7, 11) is 0. The van der Waals surface area contributed by atoms with Crippen molar-refractivity contribution >= 4 is 17.5 Å². The highest BCUT2D eigenvalue weighted by atomic mass is 35.5. The largest absolute Gasteiger partial charge is 0.370 e. The predicted molar refractivity (Wildman–Crippen MR) is 62.8 cm³/mol. The number of primary amides is 1. The van der Waals surface area contributed by atoms with Crippen molar-refractivity contribution in [1.29, 1.82) is 0 Å². The van der Waals surface area contributed by atoms with Gasteiger partial charge in [-0.1, -0.05) is 11.6 Å². The van der Waals surface area contributed by atoms with E-state index in [1.807, 2.05) is 4.98 Å². The van der Waals surface area contributed by atoms with E-state index in [1.165, 1.54) is 0 Å². The minimum Gasteiger partial charge on any atom is -0.370 e. The highest BCUT2D eigenvalue weighted by Gasteiger charge is 2.05. The number of hydrogen-bond donors (Lipinski definition) is 4. The summed E-state index contributed by atoms with van der Waals surface area (Å²) in [5.41, 5.74) is 4.06. The number of halogens is 1. The third-order valence-corrected chi connectivity index (χ3v) is 2.43. The van der Waals surface area contributed by atoms with Gasteiger partial charge in [-0.3, -0.25) is 14.6 Å². The average molecular weight is 261 g/mol. The van der Waals surface area contributed by atoms with Crippen molar-refractivity contribution in [2.45, 2.75) is 19.4 Å². The normalized spacial score (nSPS) is 10.4. The molecule has 5 N–H and O–H groups in total. The van der Waals surface area contributed by atoms with E-state index in [4.69, 9.17) is 17.3 Å². The predicted octanol–water partition coefficient (Wildman–Crippen LogP) is -0.928. The van der Waals surface area contributed by atoms with Crippen LogP contribution in [0.3, 0.4) is 0 Å². The van der Waals surface area contributed by atoms with Gasteiger partial charge in [-0.25, -0.2) is 4.79 Å². The first-order valence-corrected chi connectivity index (χ1v) is 5.38. The summed E-state index contributed by atoms with van der Waals surface area (Å²) < 4.78 is 0. The molecule has 0 saturated carbocycles. The number of hydrogen-bond acceptors (Lipinski definition) is 4. The number of aromatic nitrogens is 2.